The molecule has 3 N–H and O–H groups in total. The van der Waals surface area contributed by atoms with Crippen molar-refractivity contribution in [2.75, 3.05) is 0 Å². The fraction of sp³-hybridized carbons (Fsp3) is 1.00. The van der Waals surface area contributed by atoms with Crippen molar-refractivity contribution in [1.82, 2.24) is 3.53 Å². The van der Waals surface area contributed by atoms with Crippen molar-refractivity contribution < 1.29 is 19.0 Å². The van der Waals surface area contributed by atoms with Crippen LogP contribution in [0.25, 0.3) is 0 Å². The van der Waals surface area contributed by atoms with Crippen molar-refractivity contribution in [3.8, 4) is 0 Å². The molecule has 0 aromatic carbocycles. The summed E-state index contributed by atoms with van der Waals surface area (Å²) in [5, 5.41) is 16.8. The van der Waals surface area contributed by atoms with Gasteiger partial charge in [-0.2, -0.15) is 0 Å². The highest BCUT2D eigenvalue weighted by atomic mass is 127. The molecular weight excluding hydrogens is 259 g/mol. The van der Waals surface area contributed by atoms with Gasteiger partial charge in [-0.15, -0.1) is 0 Å². The second kappa shape index (κ2) is 5.16. The maximum Gasteiger partial charge on any atom is 0.240 e. The standard InChI is InChI=1S/C4H8F2INO2/c5-3(6)1-2(8-7)4(9)10/h2-4,8-10H,1H2. The number of halogens is 3. The van der Waals surface area contributed by atoms with E-state index in [9.17, 15) is 8.78 Å². The van der Waals surface area contributed by atoms with E-state index in [4.69, 9.17) is 10.2 Å². The highest BCUT2D eigenvalue weighted by molar-refractivity contribution is 14.1. The van der Waals surface area contributed by atoms with Gasteiger partial charge in [0, 0.05) is 29.3 Å². The van der Waals surface area contributed by atoms with E-state index in [1.165, 1.54) is 0 Å². The molecule has 62 valence electrons. The second-order valence-corrected chi connectivity index (χ2v) is 2.38. The Morgan fingerprint density at radius 2 is 1.90 bits per heavy atom. The van der Waals surface area contributed by atoms with Gasteiger partial charge < -0.3 is 10.2 Å². The third-order valence-corrected chi connectivity index (χ3v) is 1.73. The van der Waals surface area contributed by atoms with Gasteiger partial charge in [0.15, 0.2) is 6.29 Å². The minimum absolute atomic E-state index is 0.555. The van der Waals surface area contributed by atoms with E-state index in [2.05, 4.69) is 3.53 Å². The highest BCUT2D eigenvalue weighted by Gasteiger charge is 2.19. The van der Waals surface area contributed by atoms with Crippen LogP contribution in [0.5, 0.6) is 0 Å². The smallest absolute Gasteiger partial charge is 0.240 e. The zero-order valence-corrected chi connectivity index (χ0v) is 7.12. The first-order chi connectivity index (χ1) is 4.57. The monoisotopic (exact) mass is 267 g/mol. The average Bonchev–Trinajstić information content (AvgIpc) is 1.81. The van der Waals surface area contributed by atoms with E-state index in [1.54, 1.807) is 22.9 Å². The number of nitrogens with one attached hydrogen (secondary N) is 1. The van der Waals surface area contributed by atoms with Crippen LogP contribution in [-0.2, 0) is 0 Å². The van der Waals surface area contributed by atoms with Crippen LogP contribution in [0, 0.1) is 0 Å². The Balaban J connectivity index is 3.60. The molecule has 0 amide bonds. The molecule has 0 spiro atoms. The summed E-state index contributed by atoms with van der Waals surface area (Å²) in [7, 11) is 0. The van der Waals surface area contributed by atoms with Gasteiger partial charge in [0.2, 0.25) is 6.43 Å². The van der Waals surface area contributed by atoms with Gasteiger partial charge in [-0.3, -0.25) is 3.53 Å². The van der Waals surface area contributed by atoms with Gasteiger partial charge in [0.05, 0.1) is 6.04 Å². The fourth-order valence-corrected chi connectivity index (χ4v) is 0.990. The lowest BCUT2D eigenvalue weighted by Crippen LogP contribution is -2.35. The largest absolute Gasteiger partial charge is 0.367 e. The summed E-state index contributed by atoms with van der Waals surface area (Å²) < 4.78 is 25.5. The first-order valence-corrected chi connectivity index (χ1v) is 3.66. The summed E-state index contributed by atoms with van der Waals surface area (Å²) in [4.78, 5) is 0. The molecule has 0 aliphatic rings. The summed E-state index contributed by atoms with van der Waals surface area (Å²) in [6.45, 7) is 0. The summed E-state index contributed by atoms with van der Waals surface area (Å²) in [6.07, 6.45) is -4.80. The molecule has 0 bridgehead atoms. The summed E-state index contributed by atoms with van der Waals surface area (Å²) in [5.41, 5.74) is 0. The molecule has 1 unspecified atom stereocenters. The summed E-state index contributed by atoms with van der Waals surface area (Å²) in [5.74, 6) is 0. The van der Waals surface area contributed by atoms with Crippen molar-refractivity contribution in [2.45, 2.75) is 25.2 Å². The highest BCUT2D eigenvalue weighted by Crippen LogP contribution is 2.07. The predicted octanol–water partition coefficient (Wildman–Crippen LogP) is 0.261. The van der Waals surface area contributed by atoms with Crippen LogP contribution in [-0.4, -0.2) is 29.0 Å². The van der Waals surface area contributed by atoms with Gasteiger partial charge in [-0.05, 0) is 0 Å². The van der Waals surface area contributed by atoms with Gasteiger partial charge in [-0.1, -0.05) is 0 Å². The number of rotatable bonds is 4. The van der Waals surface area contributed by atoms with E-state index >= 15 is 0 Å². The molecule has 0 aromatic rings. The second-order valence-electron chi connectivity index (χ2n) is 1.76. The maximum absolute atomic E-state index is 11.6. The lowest BCUT2D eigenvalue weighted by molar-refractivity contribution is -0.0718. The summed E-state index contributed by atoms with van der Waals surface area (Å²) >= 11 is 1.59. The Morgan fingerprint density at radius 3 is 2.00 bits per heavy atom. The van der Waals surface area contributed by atoms with Gasteiger partial charge >= 0.3 is 0 Å². The first kappa shape index (κ1) is 10.5. The number of hydrogen-bond acceptors (Lipinski definition) is 3. The van der Waals surface area contributed by atoms with E-state index in [1.807, 2.05) is 0 Å². The maximum atomic E-state index is 11.6. The molecule has 10 heavy (non-hydrogen) atoms. The Labute approximate surface area is 70.9 Å². The predicted molar refractivity (Wildman–Crippen MR) is 39.8 cm³/mol. The molecule has 6 heteroatoms. The molecule has 1 atom stereocenters. The van der Waals surface area contributed by atoms with Crippen molar-refractivity contribution in [3.05, 3.63) is 0 Å². The Kier molecular flexibility index (Phi) is 5.41. The third kappa shape index (κ3) is 4.31. The molecule has 0 aliphatic heterocycles. The topological polar surface area (TPSA) is 52.5 Å². The van der Waals surface area contributed by atoms with Crippen molar-refractivity contribution in [1.29, 1.82) is 0 Å². The number of aliphatic hydroxyl groups is 2. The van der Waals surface area contributed by atoms with E-state index in [0.717, 1.165) is 0 Å². The van der Waals surface area contributed by atoms with Crippen LogP contribution < -0.4 is 3.53 Å². The minimum Gasteiger partial charge on any atom is -0.367 e. The van der Waals surface area contributed by atoms with Gasteiger partial charge in [0.1, 0.15) is 0 Å². The Bertz CT molecular complexity index is 93.3. The first-order valence-electron chi connectivity index (χ1n) is 2.58. The zero-order valence-electron chi connectivity index (χ0n) is 4.97. The molecule has 0 saturated heterocycles. The Morgan fingerprint density at radius 1 is 1.40 bits per heavy atom. The quantitative estimate of drug-likeness (QED) is 0.389. The third-order valence-electron chi connectivity index (χ3n) is 0.932. The Hall–Kier alpha value is 0.470. The number of alkyl halides is 2. The molecule has 0 aliphatic carbocycles. The van der Waals surface area contributed by atoms with E-state index < -0.39 is 25.2 Å². The molecule has 0 heterocycles. The van der Waals surface area contributed by atoms with Crippen LogP contribution >= 0.6 is 22.9 Å². The van der Waals surface area contributed by atoms with Crippen LogP contribution in [0.4, 0.5) is 8.78 Å². The average molecular weight is 267 g/mol. The molecule has 0 saturated carbocycles. The van der Waals surface area contributed by atoms with Gasteiger partial charge in [0.25, 0.3) is 0 Å². The number of hydrogen-bond donors (Lipinski definition) is 3. The van der Waals surface area contributed by atoms with Crippen molar-refractivity contribution in [2.24, 2.45) is 0 Å². The molecule has 0 aromatic heterocycles. The normalized spacial score (nSPS) is 14.7. The van der Waals surface area contributed by atoms with Crippen molar-refractivity contribution in [3.63, 3.8) is 0 Å². The van der Waals surface area contributed by atoms with Crippen LogP contribution in [0.1, 0.15) is 6.42 Å². The molecule has 0 radical (unpaired) electrons. The van der Waals surface area contributed by atoms with E-state index in [-0.39, 0.29) is 0 Å². The minimum atomic E-state index is -2.52. The van der Waals surface area contributed by atoms with Gasteiger partial charge in [-0.25, -0.2) is 8.78 Å². The van der Waals surface area contributed by atoms with Crippen LogP contribution in [0.3, 0.4) is 0 Å². The van der Waals surface area contributed by atoms with Crippen LogP contribution in [0.2, 0.25) is 0 Å². The van der Waals surface area contributed by atoms with Crippen LogP contribution in [0.15, 0.2) is 0 Å². The molecule has 3 nitrogen and oxygen atoms in total. The molecular formula is C4H8F2INO2. The lowest BCUT2D eigenvalue weighted by Gasteiger charge is -2.15. The SMILES string of the molecule is OC(O)C(CC(F)F)NI. The zero-order chi connectivity index (χ0) is 8.15. The van der Waals surface area contributed by atoms with E-state index in [0.29, 0.717) is 0 Å². The lowest BCUT2D eigenvalue weighted by atomic mass is 10.2. The number of aliphatic hydroxyl groups excluding tert-OH is 1. The molecule has 0 rings (SSSR count). The summed E-state index contributed by atoms with van der Waals surface area (Å²) in [6, 6.07) is -0.958. The molecule has 0 fully saturated rings. The van der Waals surface area contributed by atoms with Crippen molar-refractivity contribution >= 4 is 22.9 Å². The fourth-order valence-electron chi connectivity index (χ4n) is 0.415.